The first kappa shape index (κ1) is 17.4. The van der Waals surface area contributed by atoms with Gasteiger partial charge in [-0.25, -0.2) is 4.98 Å². The monoisotopic (exact) mass is 343 g/mol. The van der Waals surface area contributed by atoms with Crippen LogP contribution in [0.2, 0.25) is 0 Å². The number of hydrogen-bond acceptors (Lipinski definition) is 5. The van der Waals surface area contributed by atoms with E-state index in [1.54, 1.807) is 10.9 Å². The highest BCUT2D eigenvalue weighted by Crippen LogP contribution is 2.24. The van der Waals surface area contributed by atoms with Crippen LogP contribution in [-0.4, -0.2) is 51.0 Å². The van der Waals surface area contributed by atoms with E-state index in [-0.39, 0.29) is 19.0 Å². The van der Waals surface area contributed by atoms with Gasteiger partial charge in [0, 0.05) is 31.5 Å². The summed E-state index contributed by atoms with van der Waals surface area (Å²) < 4.78 is 1.68. The number of anilines is 1. The summed E-state index contributed by atoms with van der Waals surface area (Å²) in [6.45, 7) is 5.54. The minimum absolute atomic E-state index is 0.144. The summed E-state index contributed by atoms with van der Waals surface area (Å²) in [5.41, 5.74) is 0.896. The number of hydrogen-bond donors (Lipinski definition) is 2. The Morgan fingerprint density at radius 2 is 2.24 bits per heavy atom. The van der Waals surface area contributed by atoms with Crippen LogP contribution in [0.4, 0.5) is 5.82 Å². The van der Waals surface area contributed by atoms with Crippen LogP contribution in [0.25, 0.3) is 0 Å². The highest BCUT2D eigenvalue weighted by atomic mass is 16.3. The lowest BCUT2D eigenvalue weighted by Gasteiger charge is -2.39. The second-order valence-electron chi connectivity index (χ2n) is 6.80. The normalized spacial score (nSPS) is 20.5. The zero-order valence-corrected chi connectivity index (χ0v) is 14.8. The minimum Gasteiger partial charge on any atom is -0.386 e. The number of pyridine rings is 1. The molecular weight excluding hydrogens is 318 g/mol. The fourth-order valence-corrected chi connectivity index (χ4v) is 3.28. The van der Waals surface area contributed by atoms with E-state index < -0.39 is 5.60 Å². The predicted molar refractivity (Wildman–Crippen MR) is 95.3 cm³/mol. The van der Waals surface area contributed by atoms with E-state index in [2.05, 4.69) is 20.3 Å². The second kappa shape index (κ2) is 7.23. The Morgan fingerprint density at radius 1 is 1.40 bits per heavy atom. The lowest BCUT2D eigenvalue weighted by Crippen LogP contribution is -2.54. The van der Waals surface area contributed by atoms with Gasteiger partial charge in [-0.2, -0.15) is 5.10 Å². The number of aromatic nitrogens is 3. The number of nitrogens with one attached hydrogen (secondary N) is 1. The number of rotatable bonds is 5. The van der Waals surface area contributed by atoms with Crippen molar-refractivity contribution in [2.45, 2.75) is 38.8 Å². The SMILES string of the molecule is Cc1cc(C)n(CC(=O)NC[C@@]2(O)CCCN(c3ccccn3)C2)n1. The van der Waals surface area contributed by atoms with Gasteiger partial charge in [0.25, 0.3) is 0 Å². The molecule has 3 heterocycles. The van der Waals surface area contributed by atoms with Crippen molar-refractivity contribution in [3.8, 4) is 0 Å². The van der Waals surface area contributed by atoms with Crippen molar-refractivity contribution in [3.05, 3.63) is 41.9 Å². The third kappa shape index (κ3) is 4.36. The summed E-state index contributed by atoms with van der Waals surface area (Å²) >= 11 is 0. The summed E-state index contributed by atoms with van der Waals surface area (Å²) in [4.78, 5) is 18.6. The number of amides is 1. The first-order chi connectivity index (χ1) is 12.0. The van der Waals surface area contributed by atoms with E-state index in [4.69, 9.17) is 0 Å². The Bertz CT molecular complexity index is 730. The fraction of sp³-hybridized carbons (Fsp3) is 0.500. The molecular formula is C18H25N5O2. The first-order valence-electron chi connectivity index (χ1n) is 8.61. The quantitative estimate of drug-likeness (QED) is 0.848. The Balaban J connectivity index is 1.56. The van der Waals surface area contributed by atoms with Crippen LogP contribution < -0.4 is 10.2 Å². The van der Waals surface area contributed by atoms with Gasteiger partial charge in [0.05, 0.1) is 11.3 Å². The lowest BCUT2D eigenvalue weighted by atomic mass is 9.92. The van der Waals surface area contributed by atoms with Crippen LogP contribution >= 0.6 is 0 Å². The number of piperidine rings is 1. The molecule has 1 aliphatic rings. The fourth-order valence-electron chi connectivity index (χ4n) is 3.28. The van der Waals surface area contributed by atoms with Gasteiger partial charge in [0.2, 0.25) is 5.91 Å². The van der Waals surface area contributed by atoms with E-state index in [1.807, 2.05) is 38.1 Å². The largest absolute Gasteiger partial charge is 0.386 e. The number of carbonyl (C=O) groups is 1. The van der Waals surface area contributed by atoms with Crippen molar-refractivity contribution in [1.82, 2.24) is 20.1 Å². The molecule has 134 valence electrons. The third-order valence-electron chi connectivity index (χ3n) is 4.54. The van der Waals surface area contributed by atoms with Gasteiger partial charge in [-0.05, 0) is 44.9 Å². The molecule has 1 saturated heterocycles. The molecule has 0 saturated carbocycles. The van der Waals surface area contributed by atoms with Gasteiger partial charge in [-0.1, -0.05) is 6.07 Å². The smallest absolute Gasteiger partial charge is 0.241 e. The van der Waals surface area contributed by atoms with Crippen LogP contribution in [0.15, 0.2) is 30.5 Å². The molecule has 2 aromatic rings. The Labute approximate surface area is 147 Å². The Kier molecular flexibility index (Phi) is 5.03. The number of carbonyl (C=O) groups excluding carboxylic acids is 1. The lowest BCUT2D eigenvalue weighted by molar-refractivity contribution is -0.123. The van der Waals surface area contributed by atoms with Gasteiger partial charge in [-0.15, -0.1) is 0 Å². The highest BCUT2D eigenvalue weighted by molar-refractivity contribution is 5.75. The molecule has 1 atom stereocenters. The van der Waals surface area contributed by atoms with Crippen molar-refractivity contribution in [2.75, 3.05) is 24.5 Å². The molecule has 0 radical (unpaired) electrons. The van der Waals surface area contributed by atoms with Crippen LogP contribution in [0.1, 0.15) is 24.2 Å². The first-order valence-corrected chi connectivity index (χ1v) is 8.61. The van der Waals surface area contributed by atoms with Gasteiger partial charge < -0.3 is 15.3 Å². The molecule has 3 rings (SSSR count). The van der Waals surface area contributed by atoms with Crippen molar-refractivity contribution in [3.63, 3.8) is 0 Å². The Morgan fingerprint density at radius 3 is 2.92 bits per heavy atom. The maximum absolute atomic E-state index is 12.2. The zero-order chi connectivity index (χ0) is 17.9. The molecule has 0 spiro atoms. The Hall–Kier alpha value is -2.41. The third-order valence-corrected chi connectivity index (χ3v) is 4.54. The van der Waals surface area contributed by atoms with Crippen molar-refractivity contribution >= 4 is 11.7 Å². The summed E-state index contributed by atoms with van der Waals surface area (Å²) in [6.07, 6.45) is 3.27. The van der Waals surface area contributed by atoms with Gasteiger partial charge >= 0.3 is 0 Å². The molecule has 1 aliphatic heterocycles. The van der Waals surface area contributed by atoms with Crippen molar-refractivity contribution < 1.29 is 9.90 Å². The maximum Gasteiger partial charge on any atom is 0.241 e. The zero-order valence-electron chi connectivity index (χ0n) is 14.8. The van der Waals surface area contributed by atoms with E-state index in [1.165, 1.54) is 0 Å². The van der Waals surface area contributed by atoms with Gasteiger partial charge in [-0.3, -0.25) is 9.48 Å². The van der Waals surface area contributed by atoms with E-state index in [9.17, 15) is 9.90 Å². The second-order valence-corrected chi connectivity index (χ2v) is 6.80. The van der Waals surface area contributed by atoms with E-state index in [0.717, 1.165) is 30.2 Å². The van der Waals surface area contributed by atoms with E-state index in [0.29, 0.717) is 13.0 Å². The summed E-state index contributed by atoms with van der Waals surface area (Å²) in [5.74, 6) is 0.712. The molecule has 1 amide bonds. The van der Waals surface area contributed by atoms with Crippen LogP contribution in [0.5, 0.6) is 0 Å². The molecule has 2 N–H and O–H groups in total. The topological polar surface area (TPSA) is 83.3 Å². The summed E-state index contributed by atoms with van der Waals surface area (Å²) in [7, 11) is 0. The molecule has 0 aromatic carbocycles. The molecule has 2 aromatic heterocycles. The van der Waals surface area contributed by atoms with Gasteiger partial charge in [0.1, 0.15) is 12.4 Å². The van der Waals surface area contributed by atoms with Crippen LogP contribution in [0.3, 0.4) is 0 Å². The standard InChI is InChI=1S/C18H25N5O2/c1-14-10-15(2)23(21-14)11-17(24)20-12-18(25)7-5-9-22(13-18)16-6-3-4-8-19-16/h3-4,6,8,10,25H,5,7,9,11-13H2,1-2H3,(H,20,24)/t18-/m0/s1. The molecule has 0 aliphatic carbocycles. The minimum atomic E-state index is -0.944. The van der Waals surface area contributed by atoms with Crippen molar-refractivity contribution in [1.29, 1.82) is 0 Å². The van der Waals surface area contributed by atoms with E-state index >= 15 is 0 Å². The average molecular weight is 343 g/mol. The average Bonchev–Trinajstić information content (AvgIpc) is 2.91. The maximum atomic E-state index is 12.2. The highest BCUT2D eigenvalue weighted by Gasteiger charge is 2.34. The molecule has 0 bridgehead atoms. The number of aliphatic hydroxyl groups is 1. The van der Waals surface area contributed by atoms with Crippen LogP contribution in [0, 0.1) is 13.8 Å². The number of nitrogens with zero attached hydrogens (tertiary/aromatic N) is 4. The molecule has 7 nitrogen and oxygen atoms in total. The van der Waals surface area contributed by atoms with Gasteiger partial charge in [0.15, 0.2) is 0 Å². The molecule has 1 fully saturated rings. The summed E-state index contributed by atoms with van der Waals surface area (Å²) in [6, 6.07) is 7.69. The molecule has 25 heavy (non-hydrogen) atoms. The number of aryl methyl sites for hydroxylation is 2. The summed E-state index contributed by atoms with van der Waals surface area (Å²) in [5, 5.41) is 18.0. The van der Waals surface area contributed by atoms with Crippen LogP contribution in [-0.2, 0) is 11.3 Å². The predicted octanol–water partition coefficient (Wildman–Crippen LogP) is 1.04. The van der Waals surface area contributed by atoms with Crippen molar-refractivity contribution in [2.24, 2.45) is 0 Å². The molecule has 0 unspecified atom stereocenters. The molecule has 7 heteroatoms. The number of β-amino-alcohol motifs (C(OH)–C–C–N with tert-alkyl or cyclic N) is 1.